The maximum Gasteiger partial charge on any atom is 0.228 e. The summed E-state index contributed by atoms with van der Waals surface area (Å²) in [7, 11) is 0. The second-order valence-corrected chi connectivity index (χ2v) is 6.51. The Morgan fingerprint density at radius 2 is 1.77 bits per heavy atom. The molecule has 22 heavy (non-hydrogen) atoms. The van der Waals surface area contributed by atoms with Crippen LogP contribution < -0.4 is 5.32 Å². The molecule has 0 aliphatic heterocycles. The van der Waals surface area contributed by atoms with Crippen molar-refractivity contribution in [2.75, 3.05) is 0 Å². The second-order valence-electron chi connectivity index (χ2n) is 6.07. The van der Waals surface area contributed by atoms with E-state index in [1.165, 1.54) is 5.56 Å². The van der Waals surface area contributed by atoms with Crippen LogP contribution in [0.4, 0.5) is 0 Å². The third-order valence-electron chi connectivity index (χ3n) is 4.19. The van der Waals surface area contributed by atoms with Gasteiger partial charge >= 0.3 is 0 Å². The minimum atomic E-state index is -0.0530. The van der Waals surface area contributed by atoms with Crippen molar-refractivity contribution >= 4 is 17.5 Å². The molecule has 0 saturated heterocycles. The van der Waals surface area contributed by atoms with Crippen molar-refractivity contribution in [2.24, 2.45) is 5.92 Å². The first-order chi connectivity index (χ1) is 10.6. The van der Waals surface area contributed by atoms with Gasteiger partial charge in [0, 0.05) is 11.6 Å². The highest BCUT2D eigenvalue weighted by molar-refractivity contribution is 6.30. The number of benzene rings is 2. The number of rotatable bonds is 5. The number of hydrogen-bond acceptors (Lipinski definition) is 1. The van der Waals surface area contributed by atoms with Gasteiger partial charge in [-0.15, -0.1) is 0 Å². The molecular weight excluding hydrogens is 294 g/mol. The van der Waals surface area contributed by atoms with Gasteiger partial charge < -0.3 is 5.32 Å². The van der Waals surface area contributed by atoms with Crippen molar-refractivity contribution < 1.29 is 4.79 Å². The van der Waals surface area contributed by atoms with E-state index >= 15 is 0 Å². The Morgan fingerprint density at radius 1 is 1.14 bits per heavy atom. The normalized spacial score (nSPS) is 15.4. The van der Waals surface area contributed by atoms with Crippen molar-refractivity contribution in [2.45, 2.75) is 32.2 Å². The predicted molar refractivity (Wildman–Crippen MR) is 89.9 cm³/mol. The van der Waals surface area contributed by atoms with Gasteiger partial charge in [-0.2, -0.15) is 0 Å². The monoisotopic (exact) mass is 313 g/mol. The van der Waals surface area contributed by atoms with E-state index in [0.717, 1.165) is 24.0 Å². The number of amides is 1. The van der Waals surface area contributed by atoms with Crippen molar-refractivity contribution in [3.05, 3.63) is 70.2 Å². The summed E-state index contributed by atoms with van der Waals surface area (Å²) >= 11 is 5.94. The quantitative estimate of drug-likeness (QED) is 0.867. The van der Waals surface area contributed by atoms with E-state index in [0.29, 0.717) is 17.5 Å². The van der Waals surface area contributed by atoms with Crippen molar-refractivity contribution in [1.82, 2.24) is 5.32 Å². The lowest BCUT2D eigenvalue weighted by Crippen LogP contribution is -2.30. The molecule has 2 nitrogen and oxygen atoms in total. The third kappa shape index (κ3) is 3.69. The Bertz CT molecular complexity index is 644. The van der Waals surface area contributed by atoms with Crippen LogP contribution in [0.25, 0.3) is 0 Å². The topological polar surface area (TPSA) is 29.1 Å². The van der Waals surface area contributed by atoms with E-state index in [4.69, 9.17) is 11.6 Å². The molecule has 0 radical (unpaired) electrons. The maximum atomic E-state index is 12.6. The minimum Gasteiger partial charge on any atom is -0.351 e. The van der Waals surface area contributed by atoms with Crippen LogP contribution in [0.5, 0.6) is 0 Å². The van der Waals surface area contributed by atoms with Gasteiger partial charge in [-0.1, -0.05) is 53.6 Å². The van der Waals surface area contributed by atoms with Gasteiger partial charge in [0.15, 0.2) is 0 Å². The summed E-state index contributed by atoms with van der Waals surface area (Å²) in [6.45, 7) is 2.64. The first kappa shape index (κ1) is 15.1. The molecule has 114 valence electrons. The third-order valence-corrected chi connectivity index (χ3v) is 4.44. The minimum absolute atomic E-state index is 0.0530. The molecule has 3 rings (SSSR count). The van der Waals surface area contributed by atoms with E-state index in [-0.39, 0.29) is 11.8 Å². The van der Waals surface area contributed by atoms with Crippen molar-refractivity contribution in [1.29, 1.82) is 0 Å². The Kier molecular flexibility index (Phi) is 4.49. The molecule has 1 atom stereocenters. The van der Waals surface area contributed by atoms with Gasteiger partial charge in [0.05, 0.1) is 5.92 Å². The van der Waals surface area contributed by atoms with Gasteiger partial charge in [-0.05, 0) is 48.9 Å². The summed E-state index contributed by atoms with van der Waals surface area (Å²) in [5.74, 6) is 0.535. The van der Waals surface area contributed by atoms with Crippen LogP contribution in [0.1, 0.15) is 35.4 Å². The fourth-order valence-corrected chi connectivity index (χ4v) is 2.87. The number of hydrogen-bond donors (Lipinski definition) is 1. The largest absolute Gasteiger partial charge is 0.351 e. The Hall–Kier alpha value is -1.80. The first-order valence-corrected chi connectivity index (χ1v) is 8.10. The summed E-state index contributed by atoms with van der Waals surface area (Å²) in [5, 5.41) is 3.79. The lowest BCUT2D eigenvalue weighted by atomic mass is 9.93. The molecule has 1 unspecified atom stereocenters. The SMILES string of the molecule is Cc1ccc(CNC(=O)C(c2ccc(Cl)cc2)C2CC2)cc1. The highest BCUT2D eigenvalue weighted by Crippen LogP contribution is 2.43. The lowest BCUT2D eigenvalue weighted by Gasteiger charge is -2.17. The fourth-order valence-electron chi connectivity index (χ4n) is 2.74. The van der Waals surface area contributed by atoms with Crippen LogP contribution >= 0.6 is 11.6 Å². The molecule has 2 aromatic rings. The molecule has 0 bridgehead atoms. The van der Waals surface area contributed by atoms with Crippen LogP contribution in [0.2, 0.25) is 5.02 Å². The summed E-state index contributed by atoms with van der Waals surface area (Å²) in [6.07, 6.45) is 2.26. The van der Waals surface area contributed by atoms with Crippen molar-refractivity contribution in [3.63, 3.8) is 0 Å². The van der Waals surface area contributed by atoms with E-state index in [1.54, 1.807) is 0 Å². The fraction of sp³-hybridized carbons (Fsp3) is 0.316. The molecule has 1 fully saturated rings. The van der Waals surface area contributed by atoms with E-state index in [9.17, 15) is 4.79 Å². The van der Waals surface area contributed by atoms with Crippen LogP contribution in [0.15, 0.2) is 48.5 Å². The average Bonchev–Trinajstić information content (AvgIpc) is 3.34. The zero-order valence-corrected chi connectivity index (χ0v) is 13.4. The molecule has 0 spiro atoms. The van der Waals surface area contributed by atoms with Gasteiger partial charge in [0.25, 0.3) is 0 Å². The number of carbonyl (C=O) groups is 1. The van der Waals surface area contributed by atoms with Crippen LogP contribution in [-0.4, -0.2) is 5.91 Å². The summed E-state index contributed by atoms with van der Waals surface area (Å²) in [4.78, 5) is 12.6. The zero-order chi connectivity index (χ0) is 15.5. The van der Waals surface area contributed by atoms with Gasteiger partial charge in [-0.3, -0.25) is 4.79 Å². The first-order valence-electron chi connectivity index (χ1n) is 7.72. The highest BCUT2D eigenvalue weighted by atomic mass is 35.5. The maximum absolute atomic E-state index is 12.6. The number of halogens is 1. The molecule has 1 amide bonds. The molecule has 1 aliphatic rings. The molecule has 0 heterocycles. The van der Waals surface area contributed by atoms with E-state index < -0.39 is 0 Å². The van der Waals surface area contributed by atoms with Crippen LogP contribution in [0, 0.1) is 12.8 Å². The number of aryl methyl sites for hydroxylation is 1. The molecule has 0 aromatic heterocycles. The van der Waals surface area contributed by atoms with E-state index in [2.05, 4.69) is 36.5 Å². The molecule has 2 aromatic carbocycles. The Balaban J connectivity index is 1.68. The summed E-state index contributed by atoms with van der Waals surface area (Å²) in [6, 6.07) is 15.9. The number of carbonyl (C=O) groups excluding carboxylic acids is 1. The van der Waals surface area contributed by atoms with E-state index in [1.807, 2.05) is 24.3 Å². The lowest BCUT2D eigenvalue weighted by molar-refractivity contribution is -0.123. The average molecular weight is 314 g/mol. The summed E-state index contributed by atoms with van der Waals surface area (Å²) < 4.78 is 0. The van der Waals surface area contributed by atoms with Gasteiger partial charge in [0.2, 0.25) is 5.91 Å². The number of nitrogens with one attached hydrogen (secondary N) is 1. The predicted octanol–water partition coefficient (Wildman–Crippen LogP) is 4.46. The smallest absolute Gasteiger partial charge is 0.228 e. The van der Waals surface area contributed by atoms with Gasteiger partial charge in [0.1, 0.15) is 0 Å². The second kappa shape index (κ2) is 6.53. The van der Waals surface area contributed by atoms with Gasteiger partial charge in [-0.25, -0.2) is 0 Å². The molecule has 3 heteroatoms. The molecule has 1 saturated carbocycles. The standard InChI is InChI=1S/C19H20ClNO/c1-13-2-4-14(5-3-13)12-21-19(22)18(15-6-7-15)16-8-10-17(20)11-9-16/h2-5,8-11,15,18H,6-7,12H2,1H3,(H,21,22). The Labute approximate surface area is 136 Å². The molecular formula is C19H20ClNO. The Morgan fingerprint density at radius 3 is 2.36 bits per heavy atom. The zero-order valence-electron chi connectivity index (χ0n) is 12.7. The summed E-state index contributed by atoms with van der Waals surface area (Å²) in [5.41, 5.74) is 3.42. The van der Waals surface area contributed by atoms with Crippen molar-refractivity contribution in [3.8, 4) is 0 Å². The van der Waals surface area contributed by atoms with Crippen LogP contribution in [0.3, 0.4) is 0 Å². The molecule has 1 aliphatic carbocycles. The molecule has 1 N–H and O–H groups in total. The highest BCUT2D eigenvalue weighted by Gasteiger charge is 2.37. The van der Waals surface area contributed by atoms with Crippen LogP contribution in [-0.2, 0) is 11.3 Å².